The van der Waals surface area contributed by atoms with E-state index in [1.807, 2.05) is 0 Å². The summed E-state index contributed by atoms with van der Waals surface area (Å²) in [6, 6.07) is 13.3. The molecule has 2 N–H and O–H groups in total. The highest BCUT2D eigenvalue weighted by atomic mass is 16.5. The zero-order valence-electron chi connectivity index (χ0n) is 11.9. The lowest BCUT2D eigenvalue weighted by atomic mass is 9.80. The Balaban J connectivity index is 0.00000242. The van der Waals surface area contributed by atoms with Gasteiger partial charge in [-0.2, -0.15) is 0 Å². The number of rotatable bonds is 4. The Morgan fingerprint density at radius 2 is 1.76 bits per heavy atom. The van der Waals surface area contributed by atoms with Crippen LogP contribution in [0.25, 0.3) is 0 Å². The monoisotopic (exact) mass is 289 g/mol. The van der Waals surface area contributed by atoms with Gasteiger partial charge >= 0.3 is 7.12 Å². The predicted octanol–water partition coefficient (Wildman–Crippen LogP) is 1.35. The van der Waals surface area contributed by atoms with Crippen LogP contribution in [0.2, 0.25) is 0 Å². The van der Waals surface area contributed by atoms with Crippen LogP contribution in [0.15, 0.2) is 48.5 Å². The van der Waals surface area contributed by atoms with Crippen LogP contribution in [0.3, 0.4) is 0 Å². The van der Waals surface area contributed by atoms with Gasteiger partial charge in [-0.05, 0) is 35.8 Å². The molecule has 0 fully saturated rings. The molecule has 2 aromatic carbocycles. The van der Waals surface area contributed by atoms with E-state index in [9.17, 15) is 4.79 Å². The summed E-state index contributed by atoms with van der Waals surface area (Å²) in [5.41, 5.74) is 0.929. The van der Waals surface area contributed by atoms with Gasteiger partial charge in [-0.1, -0.05) is 18.2 Å². The number of benzene rings is 2. The maximum absolute atomic E-state index is 11.9. The summed E-state index contributed by atoms with van der Waals surface area (Å²) in [6.07, 6.45) is 0. The highest BCUT2D eigenvalue weighted by Gasteiger charge is 2.11. The molecule has 1 amide bonds. The van der Waals surface area contributed by atoms with Gasteiger partial charge in [0, 0.05) is 22.5 Å². The van der Waals surface area contributed by atoms with Crippen molar-refractivity contribution >= 4 is 18.5 Å². The third-order valence-corrected chi connectivity index (χ3v) is 2.90. The van der Waals surface area contributed by atoms with Crippen LogP contribution in [0.5, 0.6) is 11.5 Å². The van der Waals surface area contributed by atoms with Crippen LogP contribution in [-0.2, 0) is 0 Å². The predicted molar refractivity (Wildman–Crippen MR) is 85.0 cm³/mol. The standard InChI is InChI=1S/C15H16BNO4.2H2/c1-17(2)15(18)11-4-3-5-14(10-11)21-13-8-6-12(7-9-13)16(19)20;;/h3-10,19-20H,1-2H3;2*1H. The normalized spacial score (nSPS) is 10.1. The lowest BCUT2D eigenvalue weighted by molar-refractivity contribution is 0.0827. The zero-order chi connectivity index (χ0) is 15.4. The molecule has 2 aromatic rings. The van der Waals surface area contributed by atoms with Gasteiger partial charge in [-0.3, -0.25) is 4.79 Å². The Labute approximate surface area is 126 Å². The number of carbonyl (C=O) groups is 1. The summed E-state index contributed by atoms with van der Waals surface area (Å²) in [5.74, 6) is 0.994. The quantitative estimate of drug-likeness (QED) is 0.834. The second kappa shape index (κ2) is 6.43. The lowest BCUT2D eigenvalue weighted by Crippen LogP contribution is -2.29. The van der Waals surface area contributed by atoms with E-state index in [2.05, 4.69) is 0 Å². The number of ether oxygens (including phenoxy) is 1. The maximum Gasteiger partial charge on any atom is 0.488 e. The molecule has 0 heterocycles. The molecular weight excluding hydrogens is 269 g/mol. The minimum atomic E-state index is -1.50. The number of hydrogen-bond donors (Lipinski definition) is 2. The Kier molecular flexibility index (Phi) is 4.62. The topological polar surface area (TPSA) is 70.0 Å². The van der Waals surface area contributed by atoms with Gasteiger partial charge in [-0.25, -0.2) is 0 Å². The first-order valence-electron chi connectivity index (χ1n) is 6.43. The molecule has 0 aromatic heterocycles. The Morgan fingerprint density at radius 3 is 2.33 bits per heavy atom. The van der Waals surface area contributed by atoms with Crippen LogP contribution in [-0.4, -0.2) is 42.1 Å². The van der Waals surface area contributed by atoms with Gasteiger partial charge in [0.25, 0.3) is 5.91 Å². The van der Waals surface area contributed by atoms with Crippen molar-refractivity contribution in [1.82, 2.24) is 4.90 Å². The molecule has 0 aliphatic heterocycles. The first kappa shape index (κ1) is 15.1. The van der Waals surface area contributed by atoms with E-state index in [0.29, 0.717) is 22.5 Å². The van der Waals surface area contributed by atoms with Crippen molar-refractivity contribution < 1.29 is 22.4 Å². The van der Waals surface area contributed by atoms with Crippen molar-refractivity contribution in [3.8, 4) is 11.5 Å². The number of amides is 1. The van der Waals surface area contributed by atoms with Gasteiger partial charge in [-0.15, -0.1) is 0 Å². The van der Waals surface area contributed by atoms with Crippen molar-refractivity contribution in [2.45, 2.75) is 0 Å². The van der Waals surface area contributed by atoms with Crippen molar-refractivity contribution in [3.63, 3.8) is 0 Å². The highest BCUT2D eigenvalue weighted by Crippen LogP contribution is 2.21. The largest absolute Gasteiger partial charge is 0.488 e. The van der Waals surface area contributed by atoms with Crippen LogP contribution >= 0.6 is 0 Å². The van der Waals surface area contributed by atoms with Gasteiger partial charge < -0.3 is 19.7 Å². The van der Waals surface area contributed by atoms with Crippen LogP contribution < -0.4 is 10.2 Å². The van der Waals surface area contributed by atoms with E-state index in [4.69, 9.17) is 14.8 Å². The molecule has 0 saturated heterocycles. The van der Waals surface area contributed by atoms with Crippen LogP contribution in [0.1, 0.15) is 13.2 Å². The van der Waals surface area contributed by atoms with Gasteiger partial charge in [0.2, 0.25) is 0 Å². The summed E-state index contributed by atoms with van der Waals surface area (Å²) in [5, 5.41) is 18.1. The molecule has 5 nitrogen and oxygen atoms in total. The fraction of sp³-hybridized carbons (Fsp3) is 0.133. The molecule has 0 unspecified atom stereocenters. The van der Waals surface area contributed by atoms with Crippen molar-refractivity contribution in [3.05, 3.63) is 54.1 Å². The second-order valence-electron chi connectivity index (χ2n) is 4.77. The summed E-state index contributed by atoms with van der Waals surface area (Å²) in [7, 11) is 1.88. The average Bonchev–Trinajstić information content (AvgIpc) is 2.47. The smallest absolute Gasteiger partial charge is 0.457 e. The van der Waals surface area contributed by atoms with E-state index in [1.54, 1.807) is 62.6 Å². The highest BCUT2D eigenvalue weighted by molar-refractivity contribution is 6.58. The Hall–Kier alpha value is -2.31. The van der Waals surface area contributed by atoms with Crippen molar-refractivity contribution in [2.75, 3.05) is 14.1 Å². The van der Waals surface area contributed by atoms with E-state index in [0.717, 1.165) is 0 Å². The average molecular weight is 289 g/mol. The van der Waals surface area contributed by atoms with Gasteiger partial charge in [0.1, 0.15) is 11.5 Å². The Bertz CT molecular complexity index is 636. The van der Waals surface area contributed by atoms with E-state index < -0.39 is 7.12 Å². The summed E-state index contributed by atoms with van der Waals surface area (Å²) in [4.78, 5) is 13.4. The molecule has 0 aliphatic rings. The van der Waals surface area contributed by atoms with E-state index in [-0.39, 0.29) is 8.76 Å². The molecule has 0 aliphatic carbocycles. The van der Waals surface area contributed by atoms with Crippen LogP contribution in [0, 0.1) is 0 Å². The van der Waals surface area contributed by atoms with Gasteiger partial charge in [0.05, 0.1) is 0 Å². The van der Waals surface area contributed by atoms with Crippen molar-refractivity contribution in [1.29, 1.82) is 0 Å². The molecule has 0 atom stereocenters. The fourth-order valence-corrected chi connectivity index (χ4v) is 1.79. The molecule has 112 valence electrons. The minimum Gasteiger partial charge on any atom is -0.457 e. The summed E-state index contributed by atoms with van der Waals surface area (Å²) < 4.78 is 5.65. The van der Waals surface area contributed by atoms with E-state index >= 15 is 0 Å². The van der Waals surface area contributed by atoms with Crippen molar-refractivity contribution in [2.24, 2.45) is 0 Å². The summed E-state index contributed by atoms with van der Waals surface area (Å²) >= 11 is 0. The minimum absolute atomic E-state index is 0. The Morgan fingerprint density at radius 1 is 1.10 bits per heavy atom. The van der Waals surface area contributed by atoms with Gasteiger partial charge in [0.15, 0.2) is 0 Å². The molecule has 6 heteroatoms. The third kappa shape index (κ3) is 3.84. The molecule has 0 radical (unpaired) electrons. The number of carbonyl (C=O) groups excluding carboxylic acids is 1. The molecule has 2 rings (SSSR count). The third-order valence-electron chi connectivity index (χ3n) is 2.90. The maximum atomic E-state index is 11.9. The molecule has 0 spiro atoms. The van der Waals surface area contributed by atoms with E-state index in [1.165, 1.54) is 4.90 Å². The first-order valence-corrected chi connectivity index (χ1v) is 6.43. The zero-order valence-corrected chi connectivity index (χ0v) is 11.9. The molecule has 21 heavy (non-hydrogen) atoms. The first-order chi connectivity index (χ1) is 9.97. The number of hydrogen-bond acceptors (Lipinski definition) is 4. The van der Waals surface area contributed by atoms with Crippen LogP contribution in [0.4, 0.5) is 0 Å². The molecular formula is C15H20BNO4. The molecule has 0 bridgehead atoms. The SMILES string of the molecule is CN(C)C(=O)c1cccc(Oc2ccc(B(O)O)cc2)c1.[HH].[HH]. The second-order valence-corrected chi connectivity index (χ2v) is 4.77. The lowest BCUT2D eigenvalue weighted by Gasteiger charge is -2.12. The fourth-order valence-electron chi connectivity index (χ4n) is 1.79. The summed E-state index contributed by atoms with van der Waals surface area (Å²) in [6.45, 7) is 0. The number of nitrogens with zero attached hydrogens (tertiary/aromatic N) is 1. The molecule has 0 saturated carbocycles.